The van der Waals surface area contributed by atoms with Crippen molar-refractivity contribution >= 4 is 62.1 Å². The van der Waals surface area contributed by atoms with Crippen LogP contribution in [0.3, 0.4) is 0 Å². The standard InChI is InChI=1S/C34H43ClN6O7S2/c1-5-40(6-2)22-11-14-25-30(18-22)46-31-19-23(41(7-3)8-4)12-15-26(31)33(25)27-16-13-24(20-32(27)49-48-47-43)50(44,45)39-28(29(42)21-35)10-9-17-38-34(36)37/h11-16,18-20,28,39H,5-10,17,21H2,1-4H3,(H4-,36,37,38,43)/p+1. The number of anilines is 1. The van der Waals surface area contributed by atoms with Crippen molar-refractivity contribution in [2.45, 2.75) is 56.4 Å². The minimum atomic E-state index is -4.26. The van der Waals surface area contributed by atoms with Gasteiger partial charge in [0.25, 0.3) is 0 Å². The van der Waals surface area contributed by atoms with Gasteiger partial charge in [-0.2, -0.15) is 0 Å². The molecule has 13 nitrogen and oxygen atoms in total. The van der Waals surface area contributed by atoms with Crippen LogP contribution in [0.2, 0.25) is 0 Å². The molecule has 6 N–H and O–H groups in total. The maximum absolute atomic E-state index is 13.7. The van der Waals surface area contributed by atoms with E-state index in [4.69, 9.17) is 36.8 Å². The van der Waals surface area contributed by atoms with Crippen LogP contribution in [0, 0.1) is 5.41 Å². The van der Waals surface area contributed by atoms with E-state index in [-0.39, 0.29) is 29.7 Å². The van der Waals surface area contributed by atoms with Crippen molar-refractivity contribution < 1.29 is 32.3 Å². The molecule has 2 aromatic carbocycles. The van der Waals surface area contributed by atoms with Crippen LogP contribution in [0.1, 0.15) is 40.5 Å². The zero-order valence-corrected chi connectivity index (χ0v) is 30.9. The minimum absolute atomic E-state index is 0.128. The first kappa shape index (κ1) is 39.1. The van der Waals surface area contributed by atoms with Crippen LogP contribution in [0.4, 0.5) is 5.69 Å². The number of ketones is 1. The van der Waals surface area contributed by atoms with Crippen molar-refractivity contribution in [3.8, 4) is 22.5 Å². The van der Waals surface area contributed by atoms with E-state index >= 15 is 0 Å². The highest BCUT2D eigenvalue weighted by atomic mass is 35.5. The Hall–Kier alpha value is -3.70. The number of rotatable bonds is 18. The minimum Gasteiger partial charge on any atom is -0.456 e. The molecule has 0 saturated carbocycles. The van der Waals surface area contributed by atoms with E-state index in [1.54, 1.807) is 6.07 Å². The molecule has 0 bridgehead atoms. The number of guanidine groups is 1. The summed E-state index contributed by atoms with van der Waals surface area (Å²) in [7, 11) is -4.26. The second-order valence-electron chi connectivity index (χ2n) is 11.3. The molecule has 2 aliphatic rings. The maximum atomic E-state index is 13.7. The summed E-state index contributed by atoms with van der Waals surface area (Å²) < 4.78 is 43.5. The number of sulfonamides is 1. The first-order chi connectivity index (χ1) is 24.0. The molecule has 1 atom stereocenters. The average Bonchev–Trinajstić information content (AvgIpc) is 3.11. The highest BCUT2D eigenvalue weighted by molar-refractivity contribution is 7.94. The third kappa shape index (κ3) is 9.15. The normalized spacial score (nSPS) is 12.3. The molecule has 0 aromatic heterocycles. The number of benzene rings is 3. The van der Waals surface area contributed by atoms with Crippen molar-refractivity contribution in [3.05, 3.63) is 60.0 Å². The number of carbonyl (C=O) groups is 1. The van der Waals surface area contributed by atoms with Gasteiger partial charge in [0.05, 0.1) is 34.9 Å². The summed E-state index contributed by atoms with van der Waals surface area (Å²) in [5, 5.41) is 24.7. The molecule has 1 aliphatic heterocycles. The van der Waals surface area contributed by atoms with Crippen LogP contribution < -0.4 is 30.6 Å². The van der Waals surface area contributed by atoms with Gasteiger partial charge in [0.2, 0.25) is 15.4 Å². The molecular weight excluding hydrogens is 704 g/mol. The fourth-order valence-electron chi connectivity index (χ4n) is 5.89. The van der Waals surface area contributed by atoms with Crippen LogP contribution in [-0.2, 0) is 24.2 Å². The van der Waals surface area contributed by atoms with E-state index in [0.29, 0.717) is 40.3 Å². The Bertz CT molecular complexity index is 1960. The van der Waals surface area contributed by atoms with Gasteiger partial charge in [0, 0.05) is 58.9 Å². The molecule has 0 spiro atoms. The first-order valence-electron chi connectivity index (χ1n) is 16.3. The zero-order valence-electron chi connectivity index (χ0n) is 28.5. The van der Waals surface area contributed by atoms with Gasteiger partial charge in [-0.1, -0.05) is 11.1 Å². The summed E-state index contributed by atoms with van der Waals surface area (Å²) >= 11 is 6.44. The van der Waals surface area contributed by atoms with Gasteiger partial charge in [0.1, 0.15) is 24.4 Å². The molecule has 0 amide bonds. The largest absolute Gasteiger partial charge is 0.456 e. The molecule has 1 unspecified atom stereocenters. The highest BCUT2D eigenvalue weighted by Crippen LogP contribution is 2.44. The summed E-state index contributed by atoms with van der Waals surface area (Å²) in [6.07, 6.45) is 0.477. The van der Waals surface area contributed by atoms with Crippen LogP contribution in [0.5, 0.6) is 0 Å². The van der Waals surface area contributed by atoms with Crippen molar-refractivity contribution in [2.24, 2.45) is 5.73 Å². The number of hydrogen-bond donors (Lipinski definition) is 5. The SMILES string of the molecule is CCN(CC)c1ccc2c(-c3ccc(S(=O)(=O)NC(CCCNC(=N)N)C(=O)CCl)cc3SOOO)c3ccc(=[N+](CC)CC)cc-3oc2c1. The smallest absolute Gasteiger partial charge is 0.241 e. The molecule has 4 rings (SSSR count). The second kappa shape index (κ2) is 18.0. The Kier molecular flexibility index (Phi) is 14.1. The van der Waals surface area contributed by atoms with E-state index in [9.17, 15) is 13.2 Å². The van der Waals surface area contributed by atoms with E-state index in [2.05, 4.69) is 52.2 Å². The van der Waals surface area contributed by atoms with E-state index < -0.39 is 21.8 Å². The second-order valence-corrected chi connectivity index (χ2v) is 14.0. The zero-order chi connectivity index (χ0) is 36.4. The van der Waals surface area contributed by atoms with Gasteiger partial charge in [-0.05, 0) is 76.4 Å². The number of Topliss-reactive ketones (excluding diaryl/α,β-unsaturated/α-hetero) is 1. The van der Waals surface area contributed by atoms with Gasteiger partial charge in [0.15, 0.2) is 11.7 Å². The summed E-state index contributed by atoms with van der Waals surface area (Å²) in [6.45, 7) is 11.9. The van der Waals surface area contributed by atoms with Gasteiger partial charge in [-0.15, -0.1) is 15.9 Å². The topological polar surface area (TPSA) is 183 Å². The number of nitrogens with one attached hydrogen (secondary N) is 3. The number of nitrogens with zero attached hydrogens (tertiary/aromatic N) is 2. The molecular formula is C34H44ClN6O7S2+. The molecule has 0 fully saturated rings. The molecule has 2 aromatic rings. The lowest BCUT2D eigenvalue weighted by Crippen LogP contribution is -2.42. The van der Waals surface area contributed by atoms with Gasteiger partial charge in [-0.3, -0.25) is 10.2 Å². The summed E-state index contributed by atoms with van der Waals surface area (Å²) in [5.74, 6) is -0.490. The van der Waals surface area contributed by atoms with Crippen LogP contribution in [0.25, 0.3) is 33.4 Å². The number of carbonyl (C=O) groups excluding carboxylic acids is 1. The Morgan fingerprint density at radius 2 is 1.80 bits per heavy atom. The van der Waals surface area contributed by atoms with Gasteiger partial charge in [-0.25, -0.2) is 23.0 Å². The van der Waals surface area contributed by atoms with Gasteiger partial charge < -0.3 is 20.4 Å². The number of nitrogens with two attached hydrogens (primary N) is 1. The average molecular weight is 748 g/mol. The molecule has 0 saturated heterocycles. The lowest BCUT2D eigenvalue weighted by atomic mass is 9.93. The predicted octanol–water partition coefficient (Wildman–Crippen LogP) is 5.01. The molecule has 1 heterocycles. The van der Waals surface area contributed by atoms with Crippen LogP contribution >= 0.6 is 23.6 Å². The van der Waals surface area contributed by atoms with Crippen molar-refractivity contribution in [1.82, 2.24) is 14.6 Å². The fourth-order valence-corrected chi connectivity index (χ4v) is 7.97. The number of halogens is 1. The summed E-state index contributed by atoms with van der Waals surface area (Å²) in [4.78, 5) is 15.0. The van der Waals surface area contributed by atoms with Crippen LogP contribution in [-0.4, -0.2) is 70.1 Å². The lowest BCUT2D eigenvalue weighted by molar-refractivity contribution is -0.432. The number of hydrogen-bond acceptors (Lipinski definition) is 10. The lowest BCUT2D eigenvalue weighted by Gasteiger charge is -2.23. The Labute approximate surface area is 301 Å². The Morgan fingerprint density at radius 1 is 1.08 bits per heavy atom. The van der Waals surface area contributed by atoms with Crippen molar-refractivity contribution in [1.29, 1.82) is 5.41 Å². The first-order valence-corrected chi connectivity index (χ1v) is 19.1. The Morgan fingerprint density at radius 3 is 2.44 bits per heavy atom. The summed E-state index contributed by atoms with van der Waals surface area (Å²) in [5.41, 5.74) is 9.07. The fraction of sp³-hybridized carbons (Fsp3) is 0.382. The van der Waals surface area contributed by atoms with Crippen molar-refractivity contribution in [2.75, 3.05) is 43.5 Å². The van der Waals surface area contributed by atoms with E-state index in [1.807, 2.05) is 36.4 Å². The monoisotopic (exact) mass is 747 g/mol. The molecule has 16 heteroatoms. The third-order valence-electron chi connectivity index (χ3n) is 8.44. The summed E-state index contributed by atoms with van der Waals surface area (Å²) in [6, 6.07) is 15.4. The van der Waals surface area contributed by atoms with Crippen LogP contribution in [0.15, 0.2) is 68.8 Å². The van der Waals surface area contributed by atoms with Gasteiger partial charge >= 0.3 is 0 Å². The maximum Gasteiger partial charge on any atom is 0.241 e. The third-order valence-corrected chi connectivity index (χ3v) is 10.8. The Balaban J connectivity index is 1.91. The van der Waals surface area contributed by atoms with Crippen molar-refractivity contribution in [3.63, 3.8) is 0 Å². The molecule has 1 aliphatic carbocycles. The number of fused-ring (bicyclic) bond motifs is 2. The number of alkyl halides is 1. The predicted molar refractivity (Wildman–Crippen MR) is 198 cm³/mol. The molecule has 270 valence electrons. The quantitative estimate of drug-likeness (QED) is 0.0106. The highest BCUT2D eigenvalue weighted by Gasteiger charge is 2.27. The molecule has 50 heavy (non-hydrogen) atoms. The molecule has 0 radical (unpaired) electrons. The van der Waals surface area contributed by atoms with E-state index in [0.717, 1.165) is 53.7 Å². The van der Waals surface area contributed by atoms with E-state index in [1.165, 1.54) is 12.1 Å².